The van der Waals surface area contributed by atoms with Crippen LogP contribution in [0, 0.1) is 11.3 Å². The van der Waals surface area contributed by atoms with Gasteiger partial charge in [0.2, 0.25) is 5.91 Å². The van der Waals surface area contributed by atoms with Gasteiger partial charge in [-0.2, -0.15) is 0 Å². The SMILES string of the molecule is CC(NC(=O)CC1(CN)CCC1)C1CC1. The standard InChI is InChI=1S/C12H22N2O/c1-9(10-3-4-10)14-11(15)7-12(8-13)5-2-6-12/h9-10H,2-8,13H2,1H3,(H,14,15). The maximum Gasteiger partial charge on any atom is 0.220 e. The van der Waals surface area contributed by atoms with Crippen LogP contribution in [0.15, 0.2) is 0 Å². The Morgan fingerprint density at radius 2 is 2.20 bits per heavy atom. The fraction of sp³-hybridized carbons (Fsp3) is 0.917. The molecule has 0 aromatic carbocycles. The normalized spacial score (nSPS) is 25.5. The quantitative estimate of drug-likeness (QED) is 0.721. The zero-order valence-corrected chi connectivity index (χ0v) is 9.59. The Balaban J connectivity index is 1.75. The second kappa shape index (κ2) is 4.12. The third-order valence-electron chi connectivity index (χ3n) is 4.10. The Kier molecular flexibility index (Phi) is 3.01. The van der Waals surface area contributed by atoms with E-state index in [4.69, 9.17) is 5.73 Å². The van der Waals surface area contributed by atoms with Gasteiger partial charge in [0.05, 0.1) is 0 Å². The van der Waals surface area contributed by atoms with Crippen LogP contribution in [0.5, 0.6) is 0 Å². The van der Waals surface area contributed by atoms with Crippen molar-refractivity contribution in [3.63, 3.8) is 0 Å². The molecule has 3 nitrogen and oxygen atoms in total. The zero-order chi connectivity index (χ0) is 10.9. The van der Waals surface area contributed by atoms with Crippen molar-refractivity contribution < 1.29 is 4.79 Å². The molecule has 2 aliphatic rings. The summed E-state index contributed by atoms with van der Waals surface area (Å²) < 4.78 is 0. The highest BCUT2D eigenvalue weighted by Gasteiger charge is 2.38. The monoisotopic (exact) mass is 210 g/mol. The van der Waals surface area contributed by atoms with Gasteiger partial charge in [0.25, 0.3) is 0 Å². The number of amides is 1. The molecule has 0 aromatic heterocycles. The van der Waals surface area contributed by atoms with Crippen molar-refractivity contribution in [3.05, 3.63) is 0 Å². The van der Waals surface area contributed by atoms with E-state index in [1.54, 1.807) is 0 Å². The summed E-state index contributed by atoms with van der Waals surface area (Å²) in [5.74, 6) is 0.948. The largest absolute Gasteiger partial charge is 0.353 e. The Morgan fingerprint density at radius 1 is 1.53 bits per heavy atom. The van der Waals surface area contributed by atoms with Crippen molar-refractivity contribution in [3.8, 4) is 0 Å². The molecule has 2 saturated carbocycles. The highest BCUT2D eigenvalue weighted by Crippen LogP contribution is 2.43. The molecule has 0 spiro atoms. The molecular weight excluding hydrogens is 188 g/mol. The Hall–Kier alpha value is -0.570. The molecule has 15 heavy (non-hydrogen) atoms. The van der Waals surface area contributed by atoms with Gasteiger partial charge in [-0.25, -0.2) is 0 Å². The molecule has 1 atom stereocenters. The van der Waals surface area contributed by atoms with Gasteiger partial charge in [-0.3, -0.25) is 4.79 Å². The van der Waals surface area contributed by atoms with Crippen molar-refractivity contribution in [2.45, 2.75) is 51.5 Å². The lowest BCUT2D eigenvalue weighted by molar-refractivity contribution is -0.125. The maximum absolute atomic E-state index is 11.8. The smallest absolute Gasteiger partial charge is 0.220 e. The molecule has 1 unspecified atom stereocenters. The average Bonchev–Trinajstić information content (AvgIpc) is 2.94. The fourth-order valence-electron chi connectivity index (χ4n) is 2.49. The number of carbonyl (C=O) groups is 1. The lowest BCUT2D eigenvalue weighted by Crippen LogP contribution is -2.44. The minimum absolute atomic E-state index is 0.146. The van der Waals surface area contributed by atoms with Gasteiger partial charge in [-0.05, 0) is 50.5 Å². The van der Waals surface area contributed by atoms with Crippen LogP contribution in [-0.4, -0.2) is 18.5 Å². The molecule has 86 valence electrons. The molecule has 3 N–H and O–H groups in total. The van der Waals surface area contributed by atoms with E-state index in [2.05, 4.69) is 12.2 Å². The van der Waals surface area contributed by atoms with Crippen molar-refractivity contribution in [1.82, 2.24) is 5.32 Å². The minimum Gasteiger partial charge on any atom is -0.353 e. The highest BCUT2D eigenvalue weighted by atomic mass is 16.1. The van der Waals surface area contributed by atoms with E-state index < -0.39 is 0 Å². The second-order valence-electron chi connectivity index (χ2n) is 5.43. The van der Waals surface area contributed by atoms with Gasteiger partial charge in [0, 0.05) is 12.5 Å². The topological polar surface area (TPSA) is 55.1 Å². The van der Waals surface area contributed by atoms with E-state index in [1.807, 2.05) is 0 Å². The fourth-order valence-corrected chi connectivity index (χ4v) is 2.49. The highest BCUT2D eigenvalue weighted by molar-refractivity contribution is 5.77. The van der Waals surface area contributed by atoms with Crippen LogP contribution in [0.25, 0.3) is 0 Å². The van der Waals surface area contributed by atoms with Crippen LogP contribution in [0.1, 0.15) is 45.4 Å². The van der Waals surface area contributed by atoms with Crippen LogP contribution >= 0.6 is 0 Å². The first-order valence-electron chi connectivity index (χ1n) is 6.15. The van der Waals surface area contributed by atoms with Crippen molar-refractivity contribution in [1.29, 1.82) is 0 Å². The van der Waals surface area contributed by atoms with Crippen molar-refractivity contribution in [2.75, 3.05) is 6.54 Å². The average molecular weight is 210 g/mol. The van der Waals surface area contributed by atoms with Gasteiger partial charge in [-0.1, -0.05) is 6.42 Å². The van der Waals surface area contributed by atoms with E-state index in [-0.39, 0.29) is 11.3 Å². The number of rotatable bonds is 5. The van der Waals surface area contributed by atoms with E-state index in [0.29, 0.717) is 19.0 Å². The molecule has 0 saturated heterocycles. The summed E-state index contributed by atoms with van der Waals surface area (Å²) in [5, 5.41) is 3.11. The number of hydrogen-bond donors (Lipinski definition) is 2. The van der Waals surface area contributed by atoms with Crippen molar-refractivity contribution >= 4 is 5.91 Å². The van der Waals surface area contributed by atoms with E-state index in [9.17, 15) is 4.79 Å². The molecule has 0 bridgehead atoms. The summed E-state index contributed by atoms with van der Waals surface area (Å²) in [7, 11) is 0. The molecule has 2 rings (SSSR count). The molecule has 1 amide bonds. The first-order chi connectivity index (χ1) is 7.15. The Morgan fingerprint density at radius 3 is 2.60 bits per heavy atom. The van der Waals surface area contributed by atoms with Gasteiger partial charge < -0.3 is 11.1 Å². The lowest BCUT2D eigenvalue weighted by atomic mass is 9.66. The third kappa shape index (κ3) is 2.51. The second-order valence-corrected chi connectivity index (χ2v) is 5.43. The van der Waals surface area contributed by atoms with Gasteiger partial charge in [0.1, 0.15) is 0 Å². The van der Waals surface area contributed by atoms with Crippen LogP contribution in [0.2, 0.25) is 0 Å². The predicted molar refractivity (Wildman–Crippen MR) is 60.3 cm³/mol. The van der Waals surface area contributed by atoms with Gasteiger partial charge in [0.15, 0.2) is 0 Å². The summed E-state index contributed by atoms with van der Waals surface area (Å²) in [6, 6.07) is 0.368. The molecule has 0 radical (unpaired) electrons. The summed E-state index contributed by atoms with van der Waals surface area (Å²) in [4.78, 5) is 11.8. The zero-order valence-electron chi connectivity index (χ0n) is 9.59. The molecule has 0 heterocycles. The molecular formula is C12H22N2O. The predicted octanol–water partition coefficient (Wildman–Crippen LogP) is 1.42. The molecule has 2 fully saturated rings. The third-order valence-corrected chi connectivity index (χ3v) is 4.10. The van der Waals surface area contributed by atoms with Gasteiger partial charge >= 0.3 is 0 Å². The van der Waals surface area contributed by atoms with E-state index >= 15 is 0 Å². The Bertz CT molecular complexity index is 238. The summed E-state index contributed by atoms with van der Waals surface area (Å²) in [6.45, 7) is 2.78. The minimum atomic E-state index is 0.146. The van der Waals surface area contributed by atoms with Gasteiger partial charge in [-0.15, -0.1) is 0 Å². The first-order valence-corrected chi connectivity index (χ1v) is 6.15. The summed E-state index contributed by atoms with van der Waals surface area (Å²) >= 11 is 0. The summed E-state index contributed by atoms with van der Waals surface area (Å²) in [6.07, 6.45) is 6.71. The van der Waals surface area contributed by atoms with E-state index in [0.717, 1.165) is 18.8 Å². The van der Waals surface area contributed by atoms with E-state index in [1.165, 1.54) is 19.3 Å². The van der Waals surface area contributed by atoms with Crippen molar-refractivity contribution in [2.24, 2.45) is 17.1 Å². The molecule has 3 heteroatoms. The number of carbonyl (C=O) groups excluding carboxylic acids is 1. The number of nitrogens with one attached hydrogen (secondary N) is 1. The Labute approximate surface area is 91.8 Å². The van der Waals surface area contributed by atoms with Crippen LogP contribution in [0.4, 0.5) is 0 Å². The lowest BCUT2D eigenvalue weighted by Gasteiger charge is -2.40. The molecule has 0 aliphatic heterocycles. The summed E-state index contributed by atoms with van der Waals surface area (Å²) in [5.41, 5.74) is 5.89. The van der Waals surface area contributed by atoms with Crippen LogP contribution in [-0.2, 0) is 4.79 Å². The maximum atomic E-state index is 11.8. The van der Waals surface area contributed by atoms with Crippen LogP contribution < -0.4 is 11.1 Å². The number of nitrogens with two attached hydrogens (primary N) is 1. The first kappa shape index (κ1) is 10.9. The molecule has 2 aliphatic carbocycles. The van der Waals surface area contributed by atoms with Crippen LogP contribution in [0.3, 0.4) is 0 Å². The number of hydrogen-bond acceptors (Lipinski definition) is 2. The molecule has 0 aromatic rings.